The molecule has 0 aromatic heterocycles. The quantitative estimate of drug-likeness (QED) is 0.944. The molecular weight excluding hydrogens is 288 g/mol. The topological polar surface area (TPSA) is 41.6 Å². The number of ether oxygens (including phenoxy) is 1. The third-order valence-electron chi connectivity index (χ3n) is 4.34. The molecule has 0 unspecified atom stereocenters. The van der Waals surface area contributed by atoms with Crippen LogP contribution in [0.4, 0.5) is 0 Å². The highest BCUT2D eigenvalue weighted by Gasteiger charge is 2.19. The van der Waals surface area contributed by atoms with Gasteiger partial charge in [0.2, 0.25) is 5.91 Å². The number of amides is 1. The van der Waals surface area contributed by atoms with Gasteiger partial charge in [0.15, 0.2) is 0 Å². The van der Waals surface area contributed by atoms with Gasteiger partial charge in [0.05, 0.1) is 25.3 Å². The van der Waals surface area contributed by atoms with Crippen LogP contribution in [0.15, 0.2) is 42.5 Å². The average molecular weight is 312 g/mol. The molecule has 0 spiro atoms. The second-order valence-electron chi connectivity index (χ2n) is 6.31. The van der Waals surface area contributed by atoms with Gasteiger partial charge in [-0.1, -0.05) is 36.4 Å². The number of nitrogens with one attached hydrogen (secondary N) is 1. The summed E-state index contributed by atoms with van der Waals surface area (Å²) in [6.45, 7) is 6.85. The lowest BCUT2D eigenvalue weighted by Crippen LogP contribution is -2.46. The van der Waals surface area contributed by atoms with Gasteiger partial charge in [0, 0.05) is 13.1 Å². The van der Waals surface area contributed by atoms with Gasteiger partial charge in [-0.05, 0) is 36.2 Å². The van der Waals surface area contributed by atoms with Gasteiger partial charge in [-0.3, -0.25) is 9.69 Å². The highest BCUT2D eigenvalue weighted by molar-refractivity contribution is 5.83. The monoisotopic (exact) mass is 312 g/mol. The number of morpholine rings is 1. The van der Waals surface area contributed by atoms with Crippen molar-refractivity contribution in [2.75, 3.05) is 26.2 Å². The Kier molecular flexibility index (Phi) is 4.94. The van der Waals surface area contributed by atoms with Crippen LogP contribution in [0.5, 0.6) is 0 Å². The normalized spacial score (nSPS) is 20.3. The molecule has 2 atom stereocenters. The largest absolute Gasteiger partial charge is 0.376 e. The summed E-state index contributed by atoms with van der Waals surface area (Å²) in [4.78, 5) is 14.4. The summed E-state index contributed by atoms with van der Waals surface area (Å²) in [6.07, 6.45) is 0.203. The molecule has 1 aliphatic heterocycles. The van der Waals surface area contributed by atoms with E-state index in [0.29, 0.717) is 13.2 Å². The number of carbonyl (C=O) groups is 1. The predicted octanol–water partition coefficient (Wildman–Crippen LogP) is 2.74. The van der Waals surface area contributed by atoms with Crippen molar-refractivity contribution in [2.45, 2.75) is 26.0 Å². The van der Waals surface area contributed by atoms with Crippen LogP contribution in [-0.2, 0) is 9.53 Å². The van der Waals surface area contributed by atoms with Crippen molar-refractivity contribution in [3.63, 3.8) is 0 Å². The fourth-order valence-electron chi connectivity index (χ4n) is 3.08. The zero-order chi connectivity index (χ0) is 16.2. The van der Waals surface area contributed by atoms with E-state index >= 15 is 0 Å². The molecule has 2 aromatic rings. The Balaban J connectivity index is 1.60. The van der Waals surface area contributed by atoms with Crippen LogP contribution in [-0.4, -0.2) is 43.2 Å². The zero-order valence-corrected chi connectivity index (χ0v) is 13.8. The smallest absolute Gasteiger partial charge is 0.234 e. The Hall–Kier alpha value is -1.91. The third kappa shape index (κ3) is 4.09. The third-order valence-corrected chi connectivity index (χ3v) is 4.34. The molecule has 2 aromatic carbocycles. The maximum absolute atomic E-state index is 12.3. The molecule has 23 heavy (non-hydrogen) atoms. The molecule has 122 valence electrons. The molecule has 4 heteroatoms. The van der Waals surface area contributed by atoms with Gasteiger partial charge in [-0.25, -0.2) is 0 Å². The molecule has 0 radical (unpaired) electrons. The molecule has 0 saturated carbocycles. The predicted molar refractivity (Wildman–Crippen MR) is 92.4 cm³/mol. The lowest BCUT2D eigenvalue weighted by molar-refractivity contribution is -0.124. The first-order valence-electron chi connectivity index (χ1n) is 8.24. The van der Waals surface area contributed by atoms with Crippen molar-refractivity contribution in [1.82, 2.24) is 10.2 Å². The second-order valence-corrected chi connectivity index (χ2v) is 6.31. The lowest BCUT2D eigenvalue weighted by atomic mass is 10.0. The Morgan fingerprint density at radius 3 is 2.87 bits per heavy atom. The van der Waals surface area contributed by atoms with Crippen LogP contribution < -0.4 is 5.32 Å². The summed E-state index contributed by atoms with van der Waals surface area (Å²) < 4.78 is 5.51. The molecule has 4 nitrogen and oxygen atoms in total. The van der Waals surface area contributed by atoms with E-state index in [1.807, 2.05) is 26.0 Å². The molecule has 1 heterocycles. The Morgan fingerprint density at radius 1 is 1.30 bits per heavy atom. The number of hydrogen-bond acceptors (Lipinski definition) is 3. The Labute approximate surface area is 137 Å². The molecule has 0 bridgehead atoms. The van der Waals surface area contributed by atoms with Crippen LogP contribution >= 0.6 is 0 Å². The maximum atomic E-state index is 12.3. The minimum Gasteiger partial charge on any atom is -0.376 e. The average Bonchev–Trinajstić information content (AvgIpc) is 2.54. The van der Waals surface area contributed by atoms with Gasteiger partial charge in [0.25, 0.3) is 0 Å². The van der Waals surface area contributed by atoms with E-state index in [1.54, 1.807) is 0 Å². The summed E-state index contributed by atoms with van der Waals surface area (Å²) in [5, 5.41) is 5.52. The summed E-state index contributed by atoms with van der Waals surface area (Å²) in [5.74, 6) is 0.0692. The van der Waals surface area contributed by atoms with Crippen LogP contribution in [0, 0.1) is 0 Å². The number of carbonyl (C=O) groups excluding carboxylic acids is 1. The molecule has 0 aliphatic carbocycles. The van der Waals surface area contributed by atoms with E-state index in [0.717, 1.165) is 18.7 Å². The summed E-state index contributed by atoms with van der Waals surface area (Å²) in [5.41, 5.74) is 1.13. The highest BCUT2D eigenvalue weighted by Crippen LogP contribution is 2.20. The van der Waals surface area contributed by atoms with Crippen molar-refractivity contribution in [2.24, 2.45) is 0 Å². The zero-order valence-electron chi connectivity index (χ0n) is 13.8. The van der Waals surface area contributed by atoms with Crippen molar-refractivity contribution >= 4 is 16.7 Å². The standard InChI is InChI=1S/C19H24N2O2/c1-14-12-21(9-10-23-14)13-19(22)20-15(2)17-8-7-16-5-3-4-6-18(16)11-17/h3-8,11,14-15H,9-10,12-13H2,1-2H3,(H,20,22)/t14-,15-/m0/s1. The molecular formula is C19H24N2O2. The van der Waals surface area contributed by atoms with E-state index in [-0.39, 0.29) is 18.1 Å². The summed E-state index contributed by atoms with van der Waals surface area (Å²) in [6, 6.07) is 14.6. The van der Waals surface area contributed by atoms with Gasteiger partial charge < -0.3 is 10.1 Å². The fourth-order valence-corrected chi connectivity index (χ4v) is 3.08. The highest BCUT2D eigenvalue weighted by atomic mass is 16.5. The number of nitrogens with zero attached hydrogens (tertiary/aromatic N) is 1. The first-order chi connectivity index (χ1) is 11.1. The van der Waals surface area contributed by atoms with Crippen molar-refractivity contribution in [3.8, 4) is 0 Å². The van der Waals surface area contributed by atoms with Gasteiger partial charge in [-0.2, -0.15) is 0 Å². The molecule has 1 aliphatic rings. The summed E-state index contributed by atoms with van der Waals surface area (Å²) in [7, 11) is 0. The number of benzene rings is 2. The Morgan fingerprint density at radius 2 is 2.09 bits per heavy atom. The first kappa shape index (κ1) is 16.0. The molecule has 1 N–H and O–H groups in total. The van der Waals surface area contributed by atoms with Crippen molar-refractivity contribution < 1.29 is 9.53 Å². The second kappa shape index (κ2) is 7.11. The number of rotatable bonds is 4. The minimum absolute atomic E-state index is 0.00516. The van der Waals surface area contributed by atoms with Crippen LogP contribution in [0.2, 0.25) is 0 Å². The number of fused-ring (bicyclic) bond motifs is 1. The van der Waals surface area contributed by atoms with Gasteiger partial charge >= 0.3 is 0 Å². The molecule has 1 saturated heterocycles. The van der Waals surface area contributed by atoms with Crippen LogP contribution in [0.1, 0.15) is 25.5 Å². The van der Waals surface area contributed by atoms with E-state index in [1.165, 1.54) is 10.8 Å². The van der Waals surface area contributed by atoms with Crippen molar-refractivity contribution in [3.05, 3.63) is 48.0 Å². The SMILES string of the molecule is C[C@H](NC(=O)CN1CCO[C@@H](C)C1)c1ccc2ccccc2c1. The van der Waals surface area contributed by atoms with E-state index < -0.39 is 0 Å². The number of hydrogen-bond donors (Lipinski definition) is 1. The van der Waals surface area contributed by atoms with E-state index in [4.69, 9.17) is 4.74 Å². The maximum Gasteiger partial charge on any atom is 0.234 e. The van der Waals surface area contributed by atoms with E-state index in [2.05, 4.69) is 40.5 Å². The Bertz CT molecular complexity index is 686. The first-order valence-corrected chi connectivity index (χ1v) is 8.24. The van der Waals surface area contributed by atoms with E-state index in [9.17, 15) is 4.79 Å². The van der Waals surface area contributed by atoms with Crippen molar-refractivity contribution in [1.29, 1.82) is 0 Å². The molecule has 1 amide bonds. The summed E-state index contributed by atoms with van der Waals surface area (Å²) >= 11 is 0. The molecule has 3 rings (SSSR count). The minimum atomic E-state index is 0.00516. The van der Waals surface area contributed by atoms with Crippen LogP contribution in [0.3, 0.4) is 0 Å². The lowest BCUT2D eigenvalue weighted by Gasteiger charge is -2.30. The molecule has 1 fully saturated rings. The van der Waals surface area contributed by atoms with Crippen LogP contribution in [0.25, 0.3) is 10.8 Å². The fraction of sp³-hybridized carbons (Fsp3) is 0.421. The van der Waals surface area contributed by atoms with Gasteiger partial charge in [0.1, 0.15) is 0 Å². The van der Waals surface area contributed by atoms with Gasteiger partial charge in [-0.15, -0.1) is 0 Å².